The normalized spacial score (nSPS) is 10.5. The number of hydrogen-bond acceptors (Lipinski definition) is 3. The number of carboxylic acids is 1. The average Bonchev–Trinajstić information content (AvgIpc) is 2.10. The van der Waals surface area contributed by atoms with Gasteiger partial charge in [0.05, 0.1) is 12.5 Å². The van der Waals surface area contributed by atoms with Crippen LogP contribution in [0.4, 0.5) is 0 Å². The van der Waals surface area contributed by atoms with Gasteiger partial charge in [-0.15, -0.1) is 0 Å². The molecule has 1 N–H and O–H groups in total. The maximum Gasteiger partial charge on any atom is 0.304 e. The Morgan fingerprint density at radius 1 is 1.50 bits per heavy atom. The van der Waals surface area contributed by atoms with Gasteiger partial charge in [0.1, 0.15) is 0 Å². The molecule has 0 aliphatic heterocycles. The summed E-state index contributed by atoms with van der Waals surface area (Å²) in [7, 11) is 0. The summed E-state index contributed by atoms with van der Waals surface area (Å²) in [5.41, 5.74) is 0. The summed E-state index contributed by atoms with van der Waals surface area (Å²) in [6.07, 6.45) is 1.52. The fraction of sp³-hybridized carbons (Fsp3) is 0.800. The van der Waals surface area contributed by atoms with Gasteiger partial charge in [0, 0.05) is 19.0 Å². The first-order valence-electron chi connectivity index (χ1n) is 4.90. The largest absolute Gasteiger partial charge is 0.481 e. The van der Waals surface area contributed by atoms with E-state index in [4.69, 9.17) is 10.4 Å². The van der Waals surface area contributed by atoms with Gasteiger partial charge >= 0.3 is 5.97 Å². The standard InChI is InChI=1S/C10H18N2O2/c1-9(2)12(7-4-3-6-11)8-5-10(13)14/h9H,3-5,7-8H2,1-2H3,(H,13,14). The molecule has 4 heteroatoms. The summed E-state index contributed by atoms with van der Waals surface area (Å²) in [6, 6.07) is 2.42. The maximum absolute atomic E-state index is 10.4. The second-order valence-corrected chi connectivity index (χ2v) is 3.54. The zero-order valence-corrected chi connectivity index (χ0v) is 8.86. The lowest BCUT2D eigenvalue weighted by molar-refractivity contribution is -0.137. The molecule has 0 aromatic carbocycles. The van der Waals surface area contributed by atoms with Crippen LogP contribution in [0, 0.1) is 11.3 Å². The van der Waals surface area contributed by atoms with Gasteiger partial charge in [0.15, 0.2) is 0 Å². The number of aliphatic carboxylic acids is 1. The van der Waals surface area contributed by atoms with E-state index in [0.717, 1.165) is 13.0 Å². The molecule has 0 bridgehead atoms. The van der Waals surface area contributed by atoms with Crippen molar-refractivity contribution in [1.29, 1.82) is 5.26 Å². The molecular formula is C10H18N2O2. The van der Waals surface area contributed by atoms with Crippen LogP contribution in [0.1, 0.15) is 33.1 Å². The summed E-state index contributed by atoms with van der Waals surface area (Å²) < 4.78 is 0. The van der Waals surface area contributed by atoms with Gasteiger partial charge in [-0.25, -0.2) is 0 Å². The predicted molar refractivity (Wildman–Crippen MR) is 53.8 cm³/mol. The highest BCUT2D eigenvalue weighted by Crippen LogP contribution is 2.02. The number of nitrogens with zero attached hydrogens (tertiary/aromatic N) is 2. The second kappa shape index (κ2) is 7.34. The highest BCUT2D eigenvalue weighted by molar-refractivity contribution is 5.66. The number of nitriles is 1. The number of rotatable bonds is 7. The fourth-order valence-corrected chi connectivity index (χ4v) is 1.23. The second-order valence-electron chi connectivity index (χ2n) is 3.54. The van der Waals surface area contributed by atoms with Gasteiger partial charge in [-0.3, -0.25) is 4.79 Å². The number of unbranched alkanes of at least 4 members (excludes halogenated alkanes) is 1. The van der Waals surface area contributed by atoms with Crippen LogP contribution in [0.25, 0.3) is 0 Å². The summed E-state index contributed by atoms with van der Waals surface area (Å²) >= 11 is 0. The highest BCUT2D eigenvalue weighted by Gasteiger charge is 2.10. The minimum absolute atomic E-state index is 0.171. The quantitative estimate of drug-likeness (QED) is 0.629. The molecule has 0 radical (unpaired) electrons. The molecule has 4 nitrogen and oxygen atoms in total. The Labute approximate surface area is 85.1 Å². The molecule has 0 aliphatic carbocycles. The molecule has 0 aromatic rings. The van der Waals surface area contributed by atoms with Gasteiger partial charge in [0.2, 0.25) is 0 Å². The SMILES string of the molecule is CC(C)N(CCCC#N)CCC(=O)O. The molecule has 80 valence electrons. The van der Waals surface area contributed by atoms with Crippen molar-refractivity contribution in [2.75, 3.05) is 13.1 Å². The van der Waals surface area contributed by atoms with Crippen molar-refractivity contribution in [1.82, 2.24) is 4.90 Å². The lowest BCUT2D eigenvalue weighted by Crippen LogP contribution is -2.33. The third kappa shape index (κ3) is 6.44. The summed E-state index contributed by atoms with van der Waals surface area (Å²) in [6.45, 7) is 5.44. The zero-order chi connectivity index (χ0) is 11.0. The Kier molecular flexibility index (Phi) is 6.77. The molecule has 0 heterocycles. The monoisotopic (exact) mass is 198 g/mol. The van der Waals surface area contributed by atoms with Crippen LogP contribution in [0.15, 0.2) is 0 Å². The van der Waals surface area contributed by atoms with E-state index in [2.05, 4.69) is 11.0 Å². The lowest BCUT2D eigenvalue weighted by atomic mass is 10.2. The van der Waals surface area contributed by atoms with E-state index in [0.29, 0.717) is 19.0 Å². The van der Waals surface area contributed by atoms with E-state index >= 15 is 0 Å². The summed E-state index contributed by atoms with van der Waals surface area (Å²) in [5, 5.41) is 16.9. The number of carbonyl (C=O) groups is 1. The molecule has 0 aliphatic rings. The van der Waals surface area contributed by atoms with Crippen LogP contribution in [0.2, 0.25) is 0 Å². The van der Waals surface area contributed by atoms with Crippen LogP contribution >= 0.6 is 0 Å². The van der Waals surface area contributed by atoms with Gasteiger partial charge < -0.3 is 10.0 Å². The molecule has 0 saturated heterocycles. The van der Waals surface area contributed by atoms with Crippen molar-refractivity contribution in [2.24, 2.45) is 0 Å². The first-order chi connectivity index (χ1) is 6.57. The molecular weight excluding hydrogens is 180 g/mol. The molecule has 0 fully saturated rings. The summed E-state index contributed by atoms with van der Waals surface area (Å²) in [5.74, 6) is -0.768. The van der Waals surface area contributed by atoms with Crippen molar-refractivity contribution in [3.05, 3.63) is 0 Å². The molecule has 0 unspecified atom stereocenters. The fourth-order valence-electron chi connectivity index (χ4n) is 1.23. The first-order valence-corrected chi connectivity index (χ1v) is 4.90. The van der Waals surface area contributed by atoms with E-state index in [9.17, 15) is 4.79 Å². The van der Waals surface area contributed by atoms with E-state index in [1.165, 1.54) is 0 Å². The lowest BCUT2D eigenvalue weighted by Gasteiger charge is -2.25. The molecule has 14 heavy (non-hydrogen) atoms. The summed E-state index contributed by atoms with van der Waals surface area (Å²) in [4.78, 5) is 12.5. The van der Waals surface area contributed by atoms with Crippen molar-refractivity contribution in [2.45, 2.75) is 39.2 Å². The van der Waals surface area contributed by atoms with Gasteiger partial charge in [-0.05, 0) is 26.8 Å². The van der Waals surface area contributed by atoms with Gasteiger partial charge in [-0.1, -0.05) is 0 Å². The Morgan fingerprint density at radius 2 is 2.14 bits per heavy atom. The van der Waals surface area contributed by atoms with Crippen LogP contribution < -0.4 is 0 Å². The Hall–Kier alpha value is -1.08. The van der Waals surface area contributed by atoms with Crippen LogP contribution in [0.3, 0.4) is 0 Å². The molecule has 0 amide bonds. The van der Waals surface area contributed by atoms with E-state index in [-0.39, 0.29) is 6.42 Å². The Morgan fingerprint density at radius 3 is 2.57 bits per heavy atom. The van der Waals surface area contributed by atoms with E-state index < -0.39 is 5.97 Å². The molecule has 0 atom stereocenters. The molecule has 0 aromatic heterocycles. The minimum Gasteiger partial charge on any atom is -0.481 e. The maximum atomic E-state index is 10.4. The Bertz CT molecular complexity index is 209. The number of hydrogen-bond donors (Lipinski definition) is 1. The molecule has 0 spiro atoms. The van der Waals surface area contributed by atoms with Crippen LogP contribution in [0.5, 0.6) is 0 Å². The van der Waals surface area contributed by atoms with Crippen LogP contribution in [-0.4, -0.2) is 35.1 Å². The van der Waals surface area contributed by atoms with Gasteiger partial charge in [-0.2, -0.15) is 5.26 Å². The zero-order valence-electron chi connectivity index (χ0n) is 8.86. The molecule has 0 saturated carbocycles. The first kappa shape index (κ1) is 12.9. The topological polar surface area (TPSA) is 64.3 Å². The van der Waals surface area contributed by atoms with Gasteiger partial charge in [0.25, 0.3) is 0 Å². The predicted octanol–water partition coefficient (Wildman–Crippen LogP) is 1.48. The van der Waals surface area contributed by atoms with Crippen molar-refractivity contribution < 1.29 is 9.90 Å². The van der Waals surface area contributed by atoms with E-state index in [1.54, 1.807) is 0 Å². The third-order valence-electron chi connectivity index (χ3n) is 2.08. The Balaban J connectivity index is 3.79. The number of carboxylic acid groups (broad SMARTS) is 1. The van der Waals surface area contributed by atoms with Crippen molar-refractivity contribution in [3.63, 3.8) is 0 Å². The highest BCUT2D eigenvalue weighted by atomic mass is 16.4. The smallest absolute Gasteiger partial charge is 0.304 e. The van der Waals surface area contributed by atoms with Crippen molar-refractivity contribution in [3.8, 4) is 6.07 Å². The minimum atomic E-state index is -0.768. The third-order valence-corrected chi connectivity index (χ3v) is 2.08. The average molecular weight is 198 g/mol. The molecule has 0 rings (SSSR count). The van der Waals surface area contributed by atoms with Crippen molar-refractivity contribution >= 4 is 5.97 Å². The van der Waals surface area contributed by atoms with Crippen LogP contribution in [-0.2, 0) is 4.79 Å². The van der Waals surface area contributed by atoms with E-state index in [1.807, 2.05) is 13.8 Å².